The van der Waals surface area contributed by atoms with E-state index in [9.17, 15) is 18.0 Å². The van der Waals surface area contributed by atoms with Crippen LogP contribution in [0, 0.1) is 5.92 Å². The number of nitrogens with zero attached hydrogens (tertiary/aromatic N) is 1. The Balaban J connectivity index is 1.90. The van der Waals surface area contributed by atoms with Crippen LogP contribution in [0.4, 0.5) is 13.2 Å². The lowest BCUT2D eigenvalue weighted by Crippen LogP contribution is -2.29. The molecule has 1 atom stereocenters. The average molecular weight is 377 g/mol. The van der Waals surface area contributed by atoms with Crippen molar-refractivity contribution in [3.05, 3.63) is 33.7 Å². The number of rotatable bonds is 3. The van der Waals surface area contributed by atoms with Crippen molar-refractivity contribution in [1.29, 1.82) is 0 Å². The highest BCUT2D eigenvalue weighted by Gasteiger charge is 2.32. The first kappa shape index (κ1) is 17.5. The lowest BCUT2D eigenvalue weighted by Gasteiger charge is -2.15. The van der Waals surface area contributed by atoms with E-state index in [1.54, 1.807) is 4.90 Å². The molecule has 1 saturated heterocycles. The van der Waals surface area contributed by atoms with Crippen LogP contribution in [0.5, 0.6) is 0 Å². The SMILES string of the molecule is CNC[C@H]1CCN(C(=O)c2sc3cc(C(F)(F)F)ccc3c2Cl)C1. The van der Waals surface area contributed by atoms with Crippen LogP contribution in [0.3, 0.4) is 0 Å². The van der Waals surface area contributed by atoms with Gasteiger partial charge in [-0.15, -0.1) is 11.3 Å². The molecule has 0 radical (unpaired) electrons. The van der Waals surface area contributed by atoms with E-state index >= 15 is 0 Å². The number of alkyl halides is 3. The molecule has 8 heteroatoms. The second-order valence-corrected chi connectivity index (χ2v) is 7.35. The Hall–Kier alpha value is -1.31. The molecule has 0 aliphatic carbocycles. The van der Waals surface area contributed by atoms with Gasteiger partial charge in [-0.2, -0.15) is 13.2 Å². The molecule has 2 heterocycles. The van der Waals surface area contributed by atoms with Crippen molar-refractivity contribution in [2.75, 3.05) is 26.7 Å². The second-order valence-electron chi connectivity index (χ2n) is 5.92. The summed E-state index contributed by atoms with van der Waals surface area (Å²) >= 11 is 7.29. The van der Waals surface area contributed by atoms with Gasteiger partial charge in [0.05, 0.1) is 10.6 Å². The zero-order valence-electron chi connectivity index (χ0n) is 12.9. The summed E-state index contributed by atoms with van der Waals surface area (Å²) in [6.07, 6.45) is -3.50. The molecule has 24 heavy (non-hydrogen) atoms. The van der Waals surface area contributed by atoms with Crippen molar-refractivity contribution in [3.8, 4) is 0 Å². The summed E-state index contributed by atoms with van der Waals surface area (Å²) in [7, 11) is 1.87. The van der Waals surface area contributed by atoms with Crippen LogP contribution in [0.2, 0.25) is 5.02 Å². The first-order valence-corrected chi connectivity index (χ1v) is 8.74. The zero-order chi connectivity index (χ0) is 17.5. The van der Waals surface area contributed by atoms with E-state index in [2.05, 4.69) is 5.32 Å². The number of hydrogen-bond acceptors (Lipinski definition) is 3. The number of amides is 1. The molecule has 0 bridgehead atoms. The van der Waals surface area contributed by atoms with Crippen LogP contribution in [-0.4, -0.2) is 37.5 Å². The Morgan fingerprint density at radius 1 is 1.46 bits per heavy atom. The fraction of sp³-hybridized carbons (Fsp3) is 0.438. The van der Waals surface area contributed by atoms with Gasteiger partial charge in [-0.3, -0.25) is 4.79 Å². The van der Waals surface area contributed by atoms with E-state index < -0.39 is 11.7 Å². The van der Waals surface area contributed by atoms with E-state index in [1.807, 2.05) is 7.05 Å². The molecule has 1 amide bonds. The maximum Gasteiger partial charge on any atom is 0.416 e. The van der Waals surface area contributed by atoms with Gasteiger partial charge < -0.3 is 10.2 Å². The standard InChI is InChI=1S/C16H16ClF3N2OS/c1-21-7-9-4-5-22(8-9)15(23)14-13(17)11-3-2-10(16(18,19)20)6-12(11)24-14/h2-3,6,9,21H,4-5,7-8H2,1H3/t9-/m1/s1. The summed E-state index contributed by atoms with van der Waals surface area (Å²) in [4.78, 5) is 14.7. The number of fused-ring (bicyclic) bond motifs is 1. The predicted octanol–water partition coefficient (Wildman–Crippen LogP) is 4.26. The van der Waals surface area contributed by atoms with E-state index in [0.717, 1.165) is 36.4 Å². The normalized spacial score (nSPS) is 18.5. The van der Waals surface area contributed by atoms with E-state index in [0.29, 0.717) is 34.0 Å². The maximum atomic E-state index is 12.8. The molecule has 1 aromatic carbocycles. The van der Waals surface area contributed by atoms with Crippen molar-refractivity contribution in [2.24, 2.45) is 5.92 Å². The molecule has 1 aliphatic rings. The smallest absolute Gasteiger partial charge is 0.338 e. The Morgan fingerprint density at radius 2 is 2.21 bits per heavy atom. The van der Waals surface area contributed by atoms with Gasteiger partial charge >= 0.3 is 6.18 Å². The highest BCUT2D eigenvalue weighted by Crippen LogP contribution is 2.40. The molecule has 0 saturated carbocycles. The summed E-state index contributed by atoms with van der Waals surface area (Å²) < 4.78 is 38.9. The molecule has 3 nitrogen and oxygen atoms in total. The first-order chi connectivity index (χ1) is 11.3. The van der Waals surface area contributed by atoms with Crippen molar-refractivity contribution >= 4 is 38.9 Å². The van der Waals surface area contributed by atoms with Crippen molar-refractivity contribution < 1.29 is 18.0 Å². The summed E-state index contributed by atoms with van der Waals surface area (Å²) in [6, 6.07) is 3.38. The fourth-order valence-corrected chi connectivity index (χ4v) is 4.51. The van der Waals surface area contributed by atoms with Crippen LogP contribution in [0.1, 0.15) is 21.7 Å². The molecule has 0 unspecified atom stereocenters. The molecule has 2 aromatic rings. The third-order valence-corrected chi connectivity index (χ3v) is 5.86. The van der Waals surface area contributed by atoms with Gasteiger partial charge in [0.1, 0.15) is 4.88 Å². The largest absolute Gasteiger partial charge is 0.416 e. The van der Waals surface area contributed by atoms with Gasteiger partial charge in [0.25, 0.3) is 5.91 Å². The van der Waals surface area contributed by atoms with Crippen molar-refractivity contribution in [3.63, 3.8) is 0 Å². The van der Waals surface area contributed by atoms with Crippen LogP contribution in [-0.2, 0) is 6.18 Å². The number of hydrogen-bond donors (Lipinski definition) is 1. The third kappa shape index (κ3) is 3.25. The Bertz CT molecular complexity index is 775. The Labute approximate surface area is 146 Å². The summed E-state index contributed by atoms with van der Waals surface area (Å²) in [5.41, 5.74) is -0.734. The lowest BCUT2D eigenvalue weighted by molar-refractivity contribution is -0.137. The van der Waals surface area contributed by atoms with Gasteiger partial charge in [0.2, 0.25) is 0 Å². The molecular weight excluding hydrogens is 361 g/mol. The number of likely N-dealkylation sites (tertiary alicyclic amines) is 1. The lowest BCUT2D eigenvalue weighted by atomic mass is 10.1. The monoisotopic (exact) mass is 376 g/mol. The Morgan fingerprint density at radius 3 is 2.88 bits per heavy atom. The van der Waals surface area contributed by atoms with Gasteiger partial charge in [-0.1, -0.05) is 17.7 Å². The van der Waals surface area contributed by atoms with Gasteiger partial charge in [0, 0.05) is 23.2 Å². The Kier molecular flexibility index (Phi) is 4.77. The number of benzene rings is 1. The number of carbonyl (C=O) groups excluding carboxylic acids is 1. The van der Waals surface area contributed by atoms with Crippen molar-refractivity contribution in [2.45, 2.75) is 12.6 Å². The summed E-state index contributed by atoms with van der Waals surface area (Å²) in [6.45, 7) is 2.11. The molecule has 0 spiro atoms. The van der Waals surface area contributed by atoms with Gasteiger partial charge in [-0.05, 0) is 38.1 Å². The van der Waals surface area contributed by atoms with Gasteiger partial charge in [0.15, 0.2) is 0 Å². The van der Waals surface area contributed by atoms with E-state index in [1.165, 1.54) is 6.07 Å². The number of halogens is 4. The minimum absolute atomic E-state index is 0.201. The highest BCUT2D eigenvalue weighted by atomic mass is 35.5. The predicted molar refractivity (Wildman–Crippen MR) is 89.8 cm³/mol. The van der Waals surface area contributed by atoms with E-state index in [-0.39, 0.29) is 10.9 Å². The summed E-state index contributed by atoms with van der Waals surface area (Å²) in [5, 5.41) is 3.83. The topological polar surface area (TPSA) is 32.3 Å². The van der Waals surface area contributed by atoms with Crippen LogP contribution >= 0.6 is 22.9 Å². The number of nitrogens with one attached hydrogen (secondary N) is 1. The van der Waals surface area contributed by atoms with Crippen LogP contribution in [0.15, 0.2) is 18.2 Å². The molecule has 130 valence electrons. The van der Waals surface area contributed by atoms with Crippen LogP contribution in [0.25, 0.3) is 10.1 Å². The maximum absolute atomic E-state index is 12.8. The number of thiophene rings is 1. The highest BCUT2D eigenvalue weighted by molar-refractivity contribution is 7.21. The van der Waals surface area contributed by atoms with Crippen molar-refractivity contribution in [1.82, 2.24) is 10.2 Å². The average Bonchev–Trinajstić information content (AvgIpc) is 3.11. The molecule has 1 N–H and O–H groups in total. The zero-order valence-corrected chi connectivity index (χ0v) is 14.5. The second kappa shape index (κ2) is 6.54. The minimum atomic E-state index is -4.41. The van der Waals surface area contributed by atoms with Gasteiger partial charge in [-0.25, -0.2) is 0 Å². The molecule has 3 rings (SSSR count). The number of carbonyl (C=O) groups is 1. The van der Waals surface area contributed by atoms with Crippen LogP contribution < -0.4 is 5.32 Å². The van der Waals surface area contributed by atoms with E-state index in [4.69, 9.17) is 11.6 Å². The minimum Gasteiger partial charge on any atom is -0.338 e. The fourth-order valence-electron chi connectivity index (χ4n) is 3.00. The third-order valence-electron chi connectivity index (χ3n) is 4.22. The molecule has 1 fully saturated rings. The first-order valence-electron chi connectivity index (χ1n) is 7.54. The molecular formula is C16H16ClF3N2OS. The summed E-state index contributed by atoms with van der Waals surface area (Å²) in [5.74, 6) is 0.192. The molecule has 1 aromatic heterocycles. The quantitative estimate of drug-likeness (QED) is 0.868. The molecule has 1 aliphatic heterocycles.